The minimum Gasteiger partial charge on any atom is -0.369 e. The maximum atomic E-state index is 11.7. The van der Waals surface area contributed by atoms with Crippen molar-refractivity contribution in [2.45, 2.75) is 52.5 Å². The predicted octanol–water partition coefficient (Wildman–Crippen LogP) is 4.70. The SMILES string of the molecule is C=CC(=O)NCCCN1c2cc(Cl)c(-c3c(C)ccc4[nH]ncc34)nc2N(c2c(C)ccnc2C(C)C)C(O)C1O. The average molecular weight is 576 g/mol. The van der Waals surface area contributed by atoms with Gasteiger partial charge in [-0.25, -0.2) is 4.98 Å². The molecule has 0 saturated carbocycles. The zero-order valence-electron chi connectivity index (χ0n) is 23.5. The smallest absolute Gasteiger partial charge is 0.243 e. The van der Waals surface area contributed by atoms with Gasteiger partial charge in [0.1, 0.15) is 0 Å². The van der Waals surface area contributed by atoms with E-state index in [-0.39, 0.29) is 11.8 Å². The van der Waals surface area contributed by atoms with E-state index in [1.54, 1.807) is 28.3 Å². The third-order valence-electron chi connectivity index (χ3n) is 7.40. The van der Waals surface area contributed by atoms with Gasteiger partial charge in [-0.3, -0.25) is 19.8 Å². The summed E-state index contributed by atoms with van der Waals surface area (Å²) in [6.07, 6.45) is 2.53. The molecule has 2 atom stereocenters. The average Bonchev–Trinajstić information content (AvgIpc) is 3.42. The molecule has 214 valence electrons. The van der Waals surface area contributed by atoms with Crippen LogP contribution in [0, 0.1) is 13.8 Å². The summed E-state index contributed by atoms with van der Waals surface area (Å²) in [7, 11) is 0. The summed E-state index contributed by atoms with van der Waals surface area (Å²) in [6.45, 7) is 12.2. The van der Waals surface area contributed by atoms with Crippen molar-refractivity contribution in [1.82, 2.24) is 25.5 Å². The van der Waals surface area contributed by atoms with Gasteiger partial charge in [-0.2, -0.15) is 5.10 Å². The number of aliphatic hydroxyl groups is 2. The maximum Gasteiger partial charge on any atom is 0.243 e. The van der Waals surface area contributed by atoms with Gasteiger partial charge in [-0.15, -0.1) is 0 Å². The molecule has 11 heteroatoms. The molecule has 5 rings (SSSR count). The molecule has 0 bridgehead atoms. The third kappa shape index (κ3) is 5.14. The van der Waals surface area contributed by atoms with Crippen molar-refractivity contribution in [1.29, 1.82) is 0 Å². The Bertz CT molecular complexity index is 1620. The number of H-pyrrole nitrogens is 1. The summed E-state index contributed by atoms with van der Waals surface area (Å²) in [5, 5.41) is 34.4. The fourth-order valence-corrected chi connectivity index (χ4v) is 5.61. The number of aromatic nitrogens is 4. The highest BCUT2D eigenvalue weighted by atomic mass is 35.5. The molecule has 0 radical (unpaired) electrons. The number of aromatic amines is 1. The van der Waals surface area contributed by atoms with Crippen LogP contribution in [0.1, 0.15) is 43.0 Å². The van der Waals surface area contributed by atoms with Crippen LogP contribution in [0.15, 0.2) is 49.3 Å². The summed E-state index contributed by atoms with van der Waals surface area (Å²) in [6, 6.07) is 7.60. The highest BCUT2D eigenvalue weighted by Crippen LogP contribution is 2.47. The molecule has 3 aromatic heterocycles. The first kappa shape index (κ1) is 28.5. The highest BCUT2D eigenvalue weighted by molar-refractivity contribution is 6.34. The van der Waals surface area contributed by atoms with E-state index in [2.05, 4.69) is 27.1 Å². The molecule has 4 N–H and O–H groups in total. The van der Waals surface area contributed by atoms with Crippen LogP contribution in [0.4, 0.5) is 17.2 Å². The van der Waals surface area contributed by atoms with Gasteiger partial charge in [-0.05, 0) is 61.6 Å². The maximum absolute atomic E-state index is 11.7. The van der Waals surface area contributed by atoms with Crippen molar-refractivity contribution in [3.05, 3.63) is 71.2 Å². The van der Waals surface area contributed by atoms with Crippen LogP contribution in [0.2, 0.25) is 5.02 Å². The third-order valence-corrected chi connectivity index (χ3v) is 7.68. The van der Waals surface area contributed by atoms with Crippen LogP contribution in [0.25, 0.3) is 22.2 Å². The molecule has 0 spiro atoms. The number of fused-ring (bicyclic) bond motifs is 2. The van der Waals surface area contributed by atoms with Crippen molar-refractivity contribution in [3.8, 4) is 11.3 Å². The van der Waals surface area contributed by atoms with Crippen molar-refractivity contribution >= 4 is 45.6 Å². The van der Waals surface area contributed by atoms with Crippen molar-refractivity contribution < 1.29 is 15.0 Å². The molecule has 0 aliphatic carbocycles. The van der Waals surface area contributed by atoms with Crippen molar-refractivity contribution in [2.75, 3.05) is 22.9 Å². The molecule has 0 fully saturated rings. The van der Waals surface area contributed by atoms with Gasteiger partial charge in [0.05, 0.1) is 39.5 Å². The Hall–Kier alpha value is -3.99. The van der Waals surface area contributed by atoms with Gasteiger partial charge in [0.25, 0.3) is 0 Å². The van der Waals surface area contributed by atoms with Crippen LogP contribution in [0.3, 0.4) is 0 Å². The largest absolute Gasteiger partial charge is 0.369 e. The quantitative estimate of drug-likeness (QED) is 0.176. The molecule has 1 aliphatic rings. The number of pyridine rings is 2. The van der Waals surface area contributed by atoms with Crippen LogP contribution >= 0.6 is 11.6 Å². The van der Waals surface area contributed by atoms with Crippen LogP contribution in [0.5, 0.6) is 0 Å². The van der Waals surface area contributed by atoms with E-state index in [1.165, 1.54) is 6.08 Å². The number of carbonyl (C=O) groups is 1. The summed E-state index contributed by atoms with van der Waals surface area (Å²) in [5.41, 5.74) is 6.08. The number of benzene rings is 1. The number of nitrogens with one attached hydrogen (secondary N) is 2. The Morgan fingerprint density at radius 3 is 2.73 bits per heavy atom. The first-order valence-corrected chi connectivity index (χ1v) is 13.9. The Labute approximate surface area is 243 Å². The van der Waals surface area contributed by atoms with Crippen molar-refractivity contribution in [3.63, 3.8) is 0 Å². The predicted molar refractivity (Wildman–Crippen MR) is 161 cm³/mol. The van der Waals surface area contributed by atoms with Gasteiger partial charge >= 0.3 is 0 Å². The van der Waals surface area contributed by atoms with Gasteiger partial charge in [-0.1, -0.05) is 38.1 Å². The molecular weight excluding hydrogens is 542 g/mol. The molecule has 1 aromatic carbocycles. The first-order chi connectivity index (χ1) is 19.6. The minimum absolute atomic E-state index is 0.0397. The van der Waals surface area contributed by atoms with E-state index >= 15 is 0 Å². The molecular formula is C30H34ClN7O3. The Morgan fingerprint density at radius 1 is 1.22 bits per heavy atom. The molecule has 4 aromatic rings. The van der Waals surface area contributed by atoms with E-state index in [4.69, 9.17) is 16.6 Å². The number of carbonyl (C=O) groups excluding carboxylic acids is 1. The van der Waals surface area contributed by atoms with Crippen molar-refractivity contribution in [2.24, 2.45) is 0 Å². The lowest BCUT2D eigenvalue weighted by Crippen LogP contribution is -2.56. The summed E-state index contributed by atoms with van der Waals surface area (Å²) in [4.78, 5) is 24.7. The number of hydrogen-bond donors (Lipinski definition) is 4. The molecule has 41 heavy (non-hydrogen) atoms. The number of aliphatic hydroxyl groups excluding tert-OH is 2. The number of anilines is 3. The minimum atomic E-state index is -1.36. The topological polar surface area (TPSA) is 130 Å². The number of hydrogen-bond acceptors (Lipinski definition) is 8. The number of amides is 1. The highest BCUT2D eigenvalue weighted by Gasteiger charge is 2.41. The van der Waals surface area contributed by atoms with Gasteiger partial charge in [0.15, 0.2) is 18.3 Å². The monoisotopic (exact) mass is 575 g/mol. The fraction of sp³-hybridized carbons (Fsp3) is 0.333. The second-order valence-electron chi connectivity index (χ2n) is 10.5. The Balaban J connectivity index is 1.71. The van der Waals surface area contributed by atoms with E-state index in [0.29, 0.717) is 47.4 Å². The standard InChI is InChI=1S/C30H34ClN7O3/c1-6-23(39)32-11-7-13-37-22-14-20(31)26(24-17(4)8-9-21-19(24)15-34-36-21)35-28(22)38(30(41)29(37)40)27-18(5)10-12-33-25(27)16(2)3/h6,8-10,12,14-16,29-30,40-41H,1,7,11,13H2,2-5H3,(H,32,39)(H,34,36). The second-order valence-corrected chi connectivity index (χ2v) is 10.9. The lowest BCUT2D eigenvalue weighted by atomic mass is 9.99. The molecule has 1 amide bonds. The summed E-state index contributed by atoms with van der Waals surface area (Å²) in [5.74, 6) is 0.204. The molecule has 4 heterocycles. The van der Waals surface area contributed by atoms with Gasteiger partial charge < -0.3 is 20.4 Å². The second kappa shape index (κ2) is 11.5. The van der Waals surface area contributed by atoms with Gasteiger partial charge in [0.2, 0.25) is 5.91 Å². The van der Waals surface area contributed by atoms with E-state index < -0.39 is 12.5 Å². The Morgan fingerprint density at radius 2 is 2.00 bits per heavy atom. The molecule has 2 unspecified atom stereocenters. The number of aryl methyl sites for hydroxylation is 2. The van der Waals surface area contributed by atoms with E-state index in [0.717, 1.165) is 33.3 Å². The molecule has 1 aliphatic heterocycles. The number of rotatable bonds is 8. The molecule has 10 nitrogen and oxygen atoms in total. The lowest BCUT2D eigenvalue weighted by molar-refractivity contribution is -0.116. The lowest BCUT2D eigenvalue weighted by Gasteiger charge is -2.46. The Kier molecular flexibility index (Phi) is 7.99. The zero-order valence-corrected chi connectivity index (χ0v) is 24.3. The summed E-state index contributed by atoms with van der Waals surface area (Å²) < 4.78 is 0. The fourth-order valence-electron chi connectivity index (χ4n) is 5.37. The molecule has 0 saturated heterocycles. The van der Waals surface area contributed by atoms with E-state index in [1.807, 2.05) is 45.9 Å². The van der Waals surface area contributed by atoms with Crippen LogP contribution in [-0.2, 0) is 4.79 Å². The number of halogens is 1. The first-order valence-electron chi connectivity index (χ1n) is 13.5. The zero-order chi connectivity index (χ0) is 29.4. The normalized spacial score (nSPS) is 16.8. The van der Waals surface area contributed by atoms with E-state index in [9.17, 15) is 15.0 Å². The van der Waals surface area contributed by atoms with Crippen LogP contribution < -0.4 is 15.1 Å². The number of nitrogens with zero attached hydrogens (tertiary/aromatic N) is 5. The van der Waals surface area contributed by atoms with Gasteiger partial charge in [0, 0.05) is 30.2 Å². The van der Waals surface area contributed by atoms with Crippen LogP contribution in [-0.4, -0.2) is 61.8 Å². The summed E-state index contributed by atoms with van der Waals surface area (Å²) >= 11 is 6.95.